The van der Waals surface area contributed by atoms with E-state index in [1.165, 1.54) is 12.3 Å². The number of aromatic hydroxyl groups is 1. The Hall–Kier alpha value is -2.59. The van der Waals surface area contributed by atoms with E-state index in [0.29, 0.717) is 17.1 Å². The minimum atomic E-state index is -1.40. The summed E-state index contributed by atoms with van der Waals surface area (Å²) in [7, 11) is 0. The number of fused-ring (bicyclic) bond motifs is 1. The number of aliphatic hydroxyl groups excluding tert-OH is 3. The van der Waals surface area contributed by atoms with Gasteiger partial charge in [0, 0.05) is 6.20 Å². The highest BCUT2D eigenvalue weighted by molar-refractivity contribution is 5.71. The molecular formula is C17H17NO8. The van der Waals surface area contributed by atoms with E-state index < -0.39 is 36.7 Å². The summed E-state index contributed by atoms with van der Waals surface area (Å²) in [5, 5.41) is 39.4. The molecule has 26 heavy (non-hydrogen) atoms. The second-order valence-corrected chi connectivity index (χ2v) is 6.09. The van der Waals surface area contributed by atoms with Crippen molar-refractivity contribution < 1.29 is 34.6 Å². The van der Waals surface area contributed by atoms with Crippen LogP contribution in [0.3, 0.4) is 0 Å². The van der Waals surface area contributed by atoms with Crippen LogP contribution >= 0.6 is 0 Å². The van der Waals surface area contributed by atoms with E-state index >= 15 is 0 Å². The number of hydrogen-bond donors (Lipinski definition) is 4. The van der Waals surface area contributed by atoms with Crippen LogP contribution in [0.5, 0.6) is 17.2 Å². The van der Waals surface area contributed by atoms with Crippen molar-refractivity contribution in [3.05, 3.63) is 40.8 Å². The summed E-state index contributed by atoms with van der Waals surface area (Å²) < 4.78 is 17.0. The zero-order valence-corrected chi connectivity index (χ0v) is 13.5. The normalized spacial score (nSPS) is 27.0. The molecule has 2 aliphatic heterocycles. The van der Waals surface area contributed by atoms with Crippen LogP contribution < -0.4 is 15.0 Å². The van der Waals surface area contributed by atoms with Crippen molar-refractivity contribution in [1.82, 2.24) is 4.57 Å². The van der Waals surface area contributed by atoms with Crippen molar-refractivity contribution in [2.45, 2.75) is 24.5 Å². The van der Waals surface area contributed by atoms with E-state index in [4.69, 9.17) is 14.2 Å². The summed E-state index contributed by atoms with van der Waals surface area (Å²) in [4.78, 5) is 12.9. The third kappa shape index (κ3) is 2.53. The van der Waals surface area contributed by atoms with Gasteiger partial charge in [-0.3, -0.25) is 9.36 Å². The highest BCUT2D eigenvalue weighted by Gasteiger charge is 2.43. The summed E-state index contributed by atoms with van der Waals surface area (Å²) in [6, 6.07) is 6.09. The van der Waals surface area contributed by atoms with Gasteiger partial charge in [0.05, 0.1) is 12.2 Å². The molecule has 1 saturated heterocycles. The van der Waals surface area contributed by atoms with Crippen LogP contribution in [0.4, 0.5) is 0 Å². The molecule has 4 unspecified atom stereocenters. The average Bonchev–Trinajstić information content (AvgIpc) is 3.20. The second kappa shape index (κ2) is 6.29. The molecule has 4 atom stereocenters. The highest BCUT2D eigenvalue weighted by Crippen LogP contribution is 2.37. The SMILES string of the molecule is O=c1c(-c2ccc3c(c2)OCO3)c(O)ccn1C1OC(CO)C(O)C1O. The van der Waals surface area contributed by atoms with Crippen molar-refractivity contribution in [2.75, 3.05) is 13.4 Å². The molecule has 4 N–H and O–H groups in total. The molecule has 1 aromatic heterocycles. The van der Waals surface area contributed by atoms with Crippen LogP contribution in [0.2, 0.25) is 0 Å². The number of aliphatic hydroxyl groups is 3. The van der Waals surface area contributed by atoms with E-state index in [-0.39, 0.29) is 18.1 Å². The third-order valence-electron chi connectivity index (χ3n) is 4.55. The Morgan fingerprint density at radius 2 is 1.88 bits per heavy atom. The number of aromatic nitrogens is 1. The van der Waals surface area contributed by atoms with Crippen LogP contribution in [0.15, 0.2) is 35.3 Å². The number of ether oxygens (including phenoxy) is 3. The number of pyridine rings is 1. The summed E-state index contributed by atoms with van der Waals surface area (Å²) in [6.45, 7) is -0.428. The molecule has 0 radical (unpaired) electrons. The van der Waals surface area contributed by atoms with Gasteiger partial charge in [-0.25, -0.2) is 0 Å². The molecule has 4 rings (SSSR count). The van der Waals surface area contributed by atoms with Crippen LogP contribution in [-0.2, 0) is 4.74 Å². The maximum Gasteiger partial charge on any atom is 0.264 e. The lowest BCUT2D eigenvalue weighted by atomic mass is 10.1. The molecule has 3 heterocycles. The third-order valence-corrected chi connectivity index (χ3v) is 4.55. The first-order chi connectivity index (χ1) is 12.5. The zero-order chi connectivity index (χ0) is 18.4. The first-order valence-electron chi connectivity index (χ1n) is 7.98. The first-order valence-corrected chi connectivity index (χ1v) is 7.98. The minimum Gasteiger partial charge on any atom is -0.507 e. The number of nitrogens with zero attached hydrogens (tertiary/aromatic N) is 1. The molecule has 138 valence electrons. The minimum absolute atomic E-state index is 0.0106. The lowest BCUT2D eigenvalue weighted by Crippen LogP contribution is -2.35. The Morgan fingerprint density at radius 1 is 1.12 bits per heavy atom. The molecule has 0 bridgehead atoms. The van der Waals surface area contributed by atoms with Gasteiger partial charge in [0.1, 0.15) is 24.1 Å². The monoisotopic (exact) mass is 363 g/mol. The summed E-state index contributed by atoms with van der Waals surface area (Å²) in [5.41, 5.74) is -0.236. The Labute approximate surface area is 147 Å². The smallest absolute Gasteiger partial charge is 0.264 e. The topological polar surface area (TPSA) is 131 Å². The molecule has 2 aromatic rings. The van der Waals surface area contributed by atoms with Crippen molar-refractivity contribution in [3.8, 4) is 28.4 Å². The quantitative estimate of drug-likeness (QED) is 0.577. The standard InChI is InChI=1S/C17H17NO8/c19-6-12-14(21)15(22)17(26-12)18-4-3-9(20)13(16(18)23)8-1-2-10-11(5-8)25-7-24-10/h1-5,12,14-15,17,19-22H,6-7H2. The van der Waals surface area contributed by atoms with E-state index in [1.807, 2.05) is 0 Å². The largest absolute Gasteiger partial charge is 0.507 e. The van der Waals surface area contributed by atoms with Crippen molar-refractivity contribution >= 4 is 0 Å². The molecule has 0 amide bonds. The molecule has 9 heteroatoms. The van der Waals surface area contributed by atoms with E-state index in [2.05, 4.69) is 0 Å². The zero-order valence-electron chi connectivity index (χ0n) is 13.5. The summed E-state index contributed by atoms with van der Waals surface area (Å²) in [5.74, 6) is 0.731. The maximum atomic E-state index is 12.9. The fourth-order valence-electron chi connectivity index (χ4n) is 3.17. The van der Waals surface area contributed by atoms with Crippen LogP contribution in [0.1, 0.15) is 6.23 Å². The van der Waals surface area contributed by atoms with Crippen LogP contribution in [0.25, 0.3) is 11.1 Å². The van der Waals surface area contributed by atoms with Crippen molar-refractivity contribution in [1.29, 1.82) is 0 Å². The molecule has 0 aliphatic carbocycles. The first kappa shape index (κ1) is 16.9. The van der Waals surface area contributed by atoms with Crippen molar-refractivity contribution in [3.63, 3.8) is 0 Å². The van der Waals surface area contributed by atoms with Crippen LogP contribution in [0, 0.1) is 0 Å². The number of hydrogen-bond acceptors (Lipinski definition) is 8. The molecular weight excluding hydrogens is 346 g/mol. The molecule has 1 aromatic carbocycles. The summed E-state index contributed by atoms with van der Waals surface area (Å²) in [6.07, 6.45) is -3.68. The van der Waals surface area contributed by atoms with Gasteiger partial charge in [0.25, 0.3) is 5.56 Å². The molecule has 0 spiro atoms. The fraction of sp³-hybridized carbons (Fsp3) is 0.353. The summed E-state index contributed by atoms with van der Waals surface area (Å²) >= 11 is 0. The van der Waals surface area contributed by atoms with Crippen LogP contribution in [-0.4, -0.2) is 56.7 Å². The lowest BCUT2D eigenvalue weighted by Gasteiger charge is -2.19. The lowest BCUT2D eigenvalue weighted by molar-refractivity contribution is -0.0543. The molecule has 9 nitrogen and oxygen atoms in total. The van der Waals surface area contributed by atoms with Crippen molar-refractivity contribution in [2.24, 2.45) is 0 Å². The Kier molecular flexibility index (Phi) is 4.08. The van der Waals surface area contributed by atoms with E-state index in [9.17, 15) is 25.2 Å². The second-order valence-electron chi connectivity index (χ2n) is 6.09. The fourth-order valence-corrected chi connectivity index (χ4v) is 3.17. The van der Waals surface area contributed by atoms with Gasteiger partial charge >= 0.3 is 0 Å². The Morgan fingerprint density at radius 3 is 2.62 bits per heavy atom. The van der Waals surface area contributed by atoms with Gasteiger partial charge in [-0.2, -0.15) is 0 Å². The molecule has 0 saturated carbocycles. The number of rotatable bonds is 3. The van der Waals surface area contributed by atoms with E-state index in [1.54, 1.807) is 18.2 Å². The number of benzene rings is 1. The van der Waals surface area contributed by atoms with Gasteiger partial charge in [0.15, 0.2) is 17.7 Å². The van der Waals surface area contributed by atoms with Gasteiger partial charge in [-0.05, 0) is 23.8 Å². The molecule has 2 aliphatic rings. The van der Waals surface area contributed by atoms with E-state index in [0.717, 1.165) is 4.57 Å². The predicted octanol–water partition coefficient (Wildman–Crippen LogP) is -0.439. The van der Waals surface area contributed by atoms with Gasteiger partial charge in [-0.1, -0.05) is 6.07 Å². The average molecular weight is 363 g/mol. The Balaban J connectivity index is 1.78. The predicted molar refractivity (Wildman–Crippen MR) is 86.9 cm³/mol. The van der Waals surface area contributed by atoms with Gasteiger partial charge < -0.3 is 34.6 Å². The van der Waals surface area contributed by atoms with Gasteiger partial charge in [0.2, 0.25) is 6.79 Å². The molecule has 1 fully saturated rings. The van der Waals surface area contributed by atoms with Gasteiger partial charge in [-0.15, -0.1) is 0 Å². The Bertz CT molecular complexity index is 895. The maximum absolute atomic E-state index is 12.9. The highest BCUT2D eigenvalue weighted by atomic mass is 16.7.